The van der Waals surface area contributed by atoms with Gasteiger partial charge in [-0.15, -0.1) is 11.3 Å². The summed E-state index contributed by atoms with van der Waals surface area (Å²) < 4.78 is 6.41. The van der Waals surface area contributed by atoms with Crippen molar-refractivity contribution in [2.75, 3.05) is 6.61 Å². The van der Waals surface area contributed by atoms with Crippen LogP contribution in [0.15, 0.2) is 40.2 Å². The number of nitrogens with zero attached hydrogens (tertiary/aromatic N) is 1. The highest BCUT2D eigenvalue weighted by Gasteiger charge is 2.06. The van der Waals surface area contributed by atoms with Crippen molar-refractivity contribution in [1.29, 1.82) is 5.26 Å². The van der Waals surface area contributed by atoms with Crippen LogP contribution < -0.4 is 4.74 Å². The maximum Gasteiger partial charge on any atom is 0.138 e. The minimum atomic E-state index is 0.554. The fourth-order valence-electron chi connectivity index (χ4n) is 1.45. The molecular weight excluding hydrogens is 298 g/mol. The molecule has 86 valence electrons. The lowest BCUT2D eigenvalue weighted by Crippen LogP contribution is -2.01. The molecule has 0 radical (unpaired) electrons. The Labute approximate surface area is 113 Å². The fraction of sp³-hybridized carbons (Fsp3) is 0.154. The highest BCUT2D eigenvalue weighted by Crippen LogP contribution is 2.25. The van der Waals surface area contributed by atoms with Gasteiger partial charge in [0.2, 0.25) is 0 Å². The van der Waals surface area contributed by atoms with Crippen molar-refractivity contribution in [1.82, 2.24) is 0 Å². The number of thiophene rings is 1. The van der Waals surface area contributed by atoms with Crippen LogP contribution in [0.3, 0.4) is 0 Å². The molecule has 0 aliphatic heterocycles. The summed E-state index contributed by atoms with van der Waals surface area (Å²) in [6, 6.07) is 11.8. The van der Waals surface area contributed by atoms with Gasteiger partial charge in [-0.1, -0.05) is 12.1 Å². The number of ether oxygens (including phenoxy) is 1. The Morgan fingerprint density at radius 2 is 2.18 bits per heavy atom. The van der Waals surface area contributed by atoms with E-state index in [1.54, 1.807) is 11.3 Å². The normalized spacial score (nSPS) is 9.88. The predicted octanol–water partition coefficient (Wildman–Crippen LogP) is 4.00. The van der Waals surface area contributed by atoms with Crippen molar-refractivity contribution in [3.05, 3.63) is 50.6 Å². The SMILES string of the molecule is N#Cc1c(Br)cccc1OCCc1cccs1. The topological polar surface area (TPSA) is 33.0 Å². The standard InChI is InChI=1S/C13H10BrNOS/c14-12-4-1-5-13(11(12)9-15)16-7-6-10-3-2-8-17-10/h1-5,8H,6-7H2. The van der Waals surface area contributed by atoms with Gasteiger partial charge in [0, 0.05) is 15.8 Å². The first-order valence-corrected chi connectivity index (χ1v) is 6.82. The van der Waals surface area contributed by atoms with Gasteiger partial charge in [0.15, 0.2) is 0 Å². The lowest BCUT2D eigenvalue weighted by Gasteiger charge is -2.07. The van der Waals surface area contributed by atoms with Crippen molar-refractivity contribution < 1.29 is 4.74 Å². The average molecular weight is 308 g/mol. The number of benzene rings is 1. The third kappa shape index (κ3) is 3.09. The number of hydrogen-bond acceptors (Lipinski definition) is 3. The molecule has 2 aromatic rings. The van der Waals surface area contributed by atoms with Crippen LogP contribution in [0.5, 0.6) is 5.75 Å². The summed E-state index contributed by atoms with van der Waals surface area (Å²) in [6.45, 7) is 0.589. The molecule has 0 saturated carbocycles. The third-order valence-electron chi connectivity index (χ3n) is 2.27. The molecule has 2 rings (SSSR count). The van der Waals surface area contributed by atoms with E-state index in [2.05, 4.69) is 33.4 Å². The molecule has 0 aliphatic carbocycles. The summed E-state index contributed by atoms with van der Waals surface area (Å²) in [5.41, 5.74) is 0.554. The highest BCUT2D eigenvalue weighted by molar-refractivity contribution is 9.10. The second-order valence-electron chi connectivity index (χ2n) is 3.40. The van der Waals surface area contributed by atoms with Gasteiger partial charge in [0.05, 0.1) is 6.61 Å². The monoisotopic (exact) mass is 307 g/mol. The van der Waals surface area contributed by atoms with Crippen LogP contribution in [0.25, 0.3) is 0 Å². The van der Waals surface area contributed by atoms with Crippen molar-refractivity contribution in [3.8, 4) is 11.8 Å². The van der Waals surface area contributed by atoms with Gasteiger partial charge in [-0.3, -0.25) is 0 Å². The third-order valence-corrected chi connectivity index (χ3v) is 3.87. The summed E-state index contributed by atoms with van der Waals surface area (Å²) in [5, 5.41) is 11.1. The minimum Gasteiger partial charge on any atom is -0.492 e. The highest BCUT2D eigenvalue weighted by atomic mass is 79.9. The molecule has 1 heterocycles. The van der Waals surface area contributed by atoms with Crippen molar-refractivity contribution in [3.63, 3.8) is 0 Å². The van der Waals surface area contributed by atoms with E-state index in [1.165, 1.54) is 4.88 Å². The quantitative estimate of drug-likeness (QED) is 0.855. The number of hydrogen-bond donors (Lipinski definition) is 0. The lowest BCUT2D eigenvalue weighted by molar-refractivity contribution is 0.322. The van der Waals surface area contributed by atoms with E-state index in [4.69, 9.17) is 10.00 Å². The van der Waals surface area contributed by atoms with Crippen molar-refractivity contribution in [2.45, 2.75) is 6.42 Å². The van der Waals surface area contributed by atoms with Crippen LogP contribution in [0.2, 0.25) is 0 Å². The van der Waals surface area contributed by atoms with Crippen LogP contribution in [0.4, 0.5) is 0 Å². The van der Waals surface area contributed by atoms with Crippen LogP contribution in [-0.2, 0) is 6.42 Å². The zero-order valence-corrected chi connectivity index (χ0v) is 11.4. The van der Waals surface area contributed by atoms with Gasteiger partial charge >= 0.3 is 0 Å². The van der Waals surface area contributed by atoms with E-state index in [9.17, 15) is 0 Å². The molecule has 0 atom stereocenters. The van der Waals surface area contributed by atoms with Crippen LogP contribution in [0, 0.1) is 11.3 Å². The molecule has 0 spiro atoms. The van der Waals surface area contributed by atoms with Crippen LogP contribution >= 0.6 is 27.3 Å². The second kappa shape index (κ2) is 5.85. The summed E-state index contributed by atoms with van der Waals surface area (Å²) in [7, 11) is 0. The van der Waals surface area contributed by atoms with Crippen LogP contribution in [0.1, 0.15) is 10.4 Å². The Balaban J connectivity index is 2.00. The van der Waals surface area contributed by atoms with Gasteiger partial charge < -0.3 is 4.74 Å². The molecule has 0 amide bonds. The largest absolute Gasteiger partial charge is 0.492 e. The second-order valence-corrected chi connectivity index (χ2v) is 5.29. The Bertz CT molecular complexity index is 531. The molecule has 1 aromatic heterocycles. The van der Waals surface area contributed by atoms with Crippen molar-refractivity contribution in [2.24, 2.45) is 0 Å². The average Bonchev–Trinajstić information content (AvgIpc) is 2.82. The maximum absolute atomic E-state index is 9.02. The summed E-state index contributed by atoms with van der Waals surface area (Å²) in [6.07, 6.45) is 0.870. The van der Waals surface area contributed by atoms with Gasteiger partial charge in [-0.25, -0.2) is 0 Å². The molecule has 0 bridgehead atoms. The minimum absolute atomic E-state index is 0.554. The number of halogens is 1. The number of nitriles is 1. The summed E-state index contributed by atoms with van der Waals surface area (Å²) in [4.78, 5) is 1.29. The van der Waals surface area contributed by atoms with Gasteiger partial charge in [0.25, 0.3) is 0 Å². The van der Waals surface area contributed by atoms with E-state index >= 15 is 0 Å². The number of rotatable bonds is 4. The van der Waals surface area contributed by atoms with Gasteiger partial charge in [-0.05, 0) is 39.5 Å². The molecule has 4 heteroatoms. The molecule has 0 unspecified atom stereocenters. The Hall–Kier alpha value is -1.31. The Kier molecular flexibility index (Phi) is 4.18. The Morgan fingerprint density at radius 3 is 2.88 bits per heavy atom. The predicted molar refractivity (Wildman–Crippen MR) is 72.4 cm³/mol. The summed E-state index contributed by atoms with van der Waals surface area (Å²) in [5.74, 6) is 0.637. The molecule has 0 saturated heterocycles. The molecule has 0 N–H and O–H groups in total. The van der Waals surface area contributed by atoms with E-state index < -0.39 is 0 Å². The van der Waals surface area contributed by atoms with E-state index in [0.717, 1.165) is 10.9 Å². The van der Waals surface area contributed by atoms with E-state index in [0.29, 0.717) is 17.9 Å². The lowest BCUT2D eigenvalue weighted by atomic mass is 10.2. The first-order valence-electron chi connectivity index (χ1n) is 5.15. The molecule has 1 aromatic carbocycles. The zero-order chi connectivity index (χ0) is 12.1. The summed E-state index contributed by atoms with van der Waals surface area (Å²) >= 11 is 5.05. The van der Waals surface area contributed by atoms with Gasteiger partial charge in [-0.2, -0.15) is 5.26 Å². The molecule has 17 heavy (non-hydrogen) atoms. The van der Waals surface area contributed by atoms with E-state index in [-0.39, 0.29) is 0 Å². The Morgan fingerprint density at radius 1 is 1.29 bits per heavy atom. The first-order chi connectivity index (χ1) is 8.31. The molecular formula is C13H10BrNOS. The fourth-order valence-corrected chi connectivity index (χ4v) is 2.58. The van der Waals surface area contributed by atoms with Gasteiger partial charge in [0.1, 0.15) is 17.4 Å². The molecule has 0 fully saturated rings. The van der Waals surface area contributed by atoms with Crippen LogP contribution in [-0.4, -0.2) is 6.61 Å². The zero-order valence-electron chi connectivity index (χ0n) is 9.02. The first kappa shape index (κ1) is 12.2. The molecule has 2 nitrogen and oxygen atoms in total. The smallest absolute Gasteiger partial charge is 0.138 e. The molecule has 0 aliphatic rings. The van der Waals surface area contributed by atoms with E-state index in [1.807, 2.05) is 24.3 Å². The van der Waals surface area contributed by atoms with Crippen molar-refractivity contribution >= 4 is 27.3 Å². The maximum atomic E-state index is 9.02.